The van der Waals surface area contributed by atoms with Crippen molar-refractivity contribution in [2.75, 3.05) is 26.2 Å². The van der Waals surface area contributed by atoms with Crippen LogP contribution in [-0.2, 0) is 11.2 Å². The Morgan fingerprint density at radius 2 is 1.34 bits per heavy atom. The maximum atomic E-state index is 14.1. The van der Waals surface area contributed by atoms with E-state index in [1.807, 2.05) is 27.7 Å². The van der Waals surface area contributed by atoms with Crippen LogP contribution in [0.25, 0.3) is 0 Å². The van der Waals surface area contributed by atoms with Crippen molar-refractivity contribution in [2.24, 2.45) is 17.6 Å². The van der Waals surface area contributed by atoms with Crippen LogP contribution in [0.1, 0.15) is 97.4 Å². The van der Waals surface area contributed by atoms with Gasteiger partial charge in [0.05, 0.1) is 0 Å². The summed E-state index contributed by atoms with van der Waals surface area (Å²) in [6, 6.07) is 6.69. The highest BCUT2D eigenvalue weighted by molar-refractivity contribution is 6.04. The fourth-order valence-corrected chi connectivity index (χ4v) is 4.91. The number of carbonyl (C=O) groups excluding carboxylic acids is 4. The molecule has 9 nitrogen and oxygen atoms in total. The molecule has 0 spiro atoms. The zero-order chi connectivity index (χ0) is 33.0. The van der Waals surface area contributed by atoms with E-state index in [2.05, 4.69) is 10.7 Å². The van der Waals surface area contributed by atoms with Crippen LogP contribution in [0.15, 0.2) is 36.4 Å². The van der Waals surface area contributed by atoms with Gasteiger partial charge in [-0.1, -0.05) is 41.5 Å². The largest absolute Gasteiger partial charge is 0.366 e. The molecule has 0 aliphatic rings. The number of nitrogens with two attached hydrogens (primary N) is 1. The standard InChI is InChI=1S/C33H47F2N5O4/c1-7-10-39(11-8-2)33(44)26-17-24(30(36)41)16-25(18-26)32(43)37-29(15-23-13-27(34)19-28(35)14-23)22(6)20-40(12-9-3)38-31(42)21(4)5/h13-14,16-19,21-22,29H,7-12,15,20H2,1-6H3,(H2,36,41)(H,37,43)(H,38,42). The number of hydrogen-bond donors (Lipinski definition) is 3. The van der Waals surface area contributed by atoms with Crippen molar-refractivity contribution in [3.05, 3.63) is 70.3 Å². The molecule has 44 heavy (non-hydrogen) atoms. The maximum Gasteiger partial charge on any atom is 0.253 e. The van der Waals surface area contributed by atoms with E-state index in [9.17, 15) is 28.0 Å². The summed E-state index contributed by atoms with van der Waals surface area (Å²) in [5, 5.41) is 4.73. The summed E-state index contributed by atoms with van der Waals surface area (Å²) in [5.41, 5.74) is 9.04. The Balaban J connectivity index is 2.47. The summed E-state index contributed by atoms with van der Waals surface area (Å²) in [4.78, 5) is 53.4. The molecule has 2 rings (SSSR count). The second kappa shape index (κ2) is 17.4. The van der Waals surface area contributed by atoms with Crippen LogP contribution in [0.4, 0.5) is 8.78 Å². The molecule has 0 radical (unpaired) electrons. The third-order valence-corrected chi connectivity index (χ3v) is 7.18. The lowest BCUT2D eigenvalue weighted by atomic mass is 9.93. The van der Waals surface area contributed by atoms with Crippen LogP contribution in [-0.4, -0.2) is 65.8 Å². The molecule has 2 atom stereocenters. The molecular weight excluding hydrogens is 568 g/mol. The zero-order valence-corrected chi connectivity index (χ0v) is 26.7. The fraction of sp³-hybridized carbons (Fsp3) is 0.515. The summed E-state index contributed by atoms with van der Waals surface area (Å²) in [6.07, 6.45) is 2.31. The van der Waals surface area contributed by atoms with Crippen LogP contribution in [0.2, 0.25) is 0 Å². The monoisotopic (exact) mass is 615 g/mol. The van der Waals surface area contributed by atoms with Gasteiger partial charge in [-0.3, -0.25) is 24.6 Å². The van der Waals surface area contributed by atoms with Crippen molar-refractivity contribution >= 4 is 23.6 Å². The predicted octanol–water partition coefficient (Wildman–Crippen LogP) is 4.70. The summed E-state index contributed by atoms with van der Waals surface area (Å²) in [6.45, 7) is 13.2. The summed E-state index contributed by atoms with van der Waals surface area (Å²) < 4.78 is 28.2. The first-order valence-electron chi connectivity index (χ1n) is 15.3. The highest BCUT2D eigenvalue weighted by Crippen LogP contribution is 2.18. The Kier molecular flexibility index (Phi) is 14.4. The van der Waals surface area contributed by atoms with Gasteiger partial charge in [0, 0.05) is 60.9 Å². The highest BCUT2D eigenvalue weighted by atomic mass is 19.1. The lowest BCUT2D eigenvalue weighted by Crippen LogP contribution is -2.50. The van der Waals surface area contributed by atoms with Crippen LogP contribution in [0.3, 0.4) is 0 Å². The molecule has 2 aromatic carbocycles. The van der Waals surface area contributed by atoms with Gasteiger partial charge in [0.1, 0.15) is 11.6 Å². The number of hydrogen-bond acceptors (Lipinski definition) is 5. The van der Waals surface area contributed by atoms with E-state index in [0.29, 0.717) is 31.7 Å². The first kappa shape index (κ1) is 36.3. The molecule has 0 heterocycles. The number of primary amides is 1. The van der Waals surface area contributed by atoms with Crippen molar-refractivity contribution < 1.29 is 28.0 Å². The van der Waals surface area contributed by atoms with Crippen molar-refractivity contribution in [1.82, 2.24) is 20.7 Å². The Morgan fingerprint density at radius 1 is 0.795 bits per heavy atom. The lowest BCUT2D eigenvalue weighted by Gasteiger charge is -2.31. The number of carbonyl (C=O) groups is 4. The summed E-state index contributed by atoms with van der Waals surface area (Å²) in [7, 11) is 0. The molecule has 0 aliphatic heterocycles. The molecule has 0 fully saturated rings. The van der Waals surface area contributed by atoms with Crippen LogP contribution in [0, 0.1) is 23.5 Å². The minimum Gasteiger partial charge on any atom is -0.366 e. The van der Waals surface area contributed by atoms with E-state index in [1.54, 1.807) is 23.8 Å². The van der Waals surface area contributed by atoms with Gasteiger partial charge in [-0.05, 0) is 67.5 Å². The van der Waals surface area contributed by atoms with Gasteiger partial charge >= 0.3 is 0 Å². The molecule has 0 aromatic heterocycles. The van der Waals surface area contributed by atoms with Crippen molar-refractivity contribution in [2.45, 2.75) is 73.3 Å². The molecule has 11 heteroatoms. The SMILES string of the molecule is CCCN(CC(C)C(Cc1cc(F)cc(F)c1)NC(=O)c1cc(C(N)=O)cc(C(=O)N(CCC)CCC)c1)NC(=O)C(C)C. The van der Waals surface area contributed by atoms with Crippen LogP contribution in [0.5, 0.6) is 0 Å². The van der Waals surface area contributed by atoms with E-state index >= 15 is 0 Å². The van der Waals surface area contributed by atoms with Crippen molar-refractivity contribution in [1.29, 1.82) is 0 Å². The first-order chi connectivity index (χ1) is 20.8. The number of hydrazine groups is 1. The zero-order valence-electron chi connectivity index (χ0n) is 26.7. The Hall–Kier alpha value is -3.86. The molecule has 0 saturated carbocycles. The Morgan fingerprint density at radius 3 is 1.86 bits per heavy atom. The summed E-state index contributed by atoms with van der Waals surface area (Å²) >= 11 is 0. The van der Waals surface area contributed by atoms with E-state index in [-0.39, 0.29) is 46.8 Å². The molecule has 2 unspecified atom stereocenters. The van der Waals surface area contributed by atoms with Gasteiger partial charge in [0.2, 0.25) is 11.8 Å². The molecule has 2 aromatic rings. The van der Waals surface area contributed by atoms with Crippen molar-refractivity contribution in [3.8, 4) is 0 Å². The smallest absolute Gasteiger partial charge is 0.253 e. The number of rotatable bonds is 17. The molecule has 4 amide bonds. The Labute approximate surface area is 259 Å². The van der Waals surface area contributed by atoms with E-state index in [4.69, 9.17) is 5.73 Å². The number of halogens is 2. The average molecular weight is 616 g/mol. The predicted molar refractivity (Wildman–Crippen MR) is 167 cm³/mol. The number of nitrogens with zero attached hydrogens (tertiary/aromatic N) is 2. The van der Waals surface area contributed by atoms with Gasteiger partial charge in [-0.15, -0.1) is 0 Å². The topological polar surface area (TPSA) is 125 Å². The molecule has 242 valence electrons. The van der Waals surface area contributed by atoms with E-state index in [0.717, 1.165) is 25.3 Å². The van der Waals surface area contributed by atoms with Gasteiger partial charge < -0.3 is 16.0 Å². The molecule has 4 N–H and O–H groups in total. The van der Waals surface area contributed by atoms with Crippen LogP contribution < -0.4 is 16.5 Å². The second-order valence-electron chi connectivity index (χ2n) is 11.6. The van der Waals surface area contributed by atoms with E-state index in [1.165, 1.54) is 30.3 Å². The van der Waals surface area contributed by atoms with Crippen molar-refractivity contribution in [3.63, 3.8) is 0 Å². The van der Waals surface area contributed by atoms with Gasteiger partial charge in [-0.25, -0.2) is 13.8 Å². The molecule has 0 aliphatic carbocycles. The van der Waals surface area contributed by atoms with E-state index < -0.39 is 29.5 Å². The molecular formula is C33H47F2N5O4. The third kappa shape index (κ3) is 11.0. The number of benzene rings is 2. The minimum atomic E-state index is -0.789. The Bertz CT molecular complexity index is 1280. The lowest BCUT2D eigenvalue weighted by molar-refractivity contribution is -0.129. The van der Waals surface area contributed by atoms with Gasteiger partial charge in [0.15, 0.2) is 0 Å². The minimum absolute atomic E-state index is 0.0104. The quantitative estimate of drug-likeness (QED) is 0.223. The summed E-state index contributed by atoms with van der Waals surface area (Å²) in [5.74, 6) is -3.87. The van der Waals surface area contributed by atoms with Gasteiger partial charge in [0.25, 0.3) is 11.8 Å². The maximum absolute atomic E-state index is 14.1. The molecule has 0 bridgehead atoms. The molecule has 0 saturated heterocycles. The third-order valence-electron chi connectivity index (χ3n) is 7.18. The first-order valence-corrected chi connectivity index (χ1v) is 15.3. The number of nitrogens with one attached hydrogen (secondary N) is 2. The van der Waals surface area contributed by atoms with Gasteiger partial charge in [-0.2, -0.15) is 0 Å². The average Bonchev–Trinajstić information content (AvgIpc) is 2.95. The highest BCUT2D eigenvalue weighted by Gasteiger charge is 2.26. The normalized spacial score (nSPS) is 12.6. The van der Waals surface area contributed by atoms with Crippen LogP contribution >= 0.6 is 0 Å². The second-order valence-corrected chi connectivity index (χ2v) is 11.6. The number of amides is 4. The fourth-order valence-electron chi connectivity index (χ4n) is 4.91.